The summed E-state index contributed by atoms with van der Waals surface area (Å²) in [6.45, 7) is 7.97. The first-order valence-corrected chi connectivity index (χ1v) is 5.79. The highest BCUT2D eigenvalue weighted by molar-refractivity contribution is 7.11. The lowest BCUT2D eigenvalue weighted by atomic mass is 9.96. The molecule has 0 saturated carbocycles. The highest BCUT2D eigenvalue weighted by Gasteiger charge is 2.31. The molecule has 2 atom stereocenters. The highest BCUT2D eigenvalue weighted by atomic mass is 32.1. The molecule has 1 fully saturated rings. The average molecular weight is 195 g/mol. The topological polar surface area (TPSA) is 3.24 Å². The number of thiophene rings is 1. The van der Waals surface area contributed by atoms with Crippen molar-refractivity contribution in [2.24, 2.45) is 0 Å². The van der Waals surface area contributed by atoms with Crippen LogP contribution in [0.15, 0.2) is 12.1 Å². The van der Waals surface area contributed by atoms with E-state index in [1.807, 2.05) is 11.3 Å². The molecule has 2 heterocycles. The molecule has 1 saturated heterocycles. The fourth-order valence-electron chi connectivity index (χ4n) is 2.12. The third-order valence-corrected chi connectivity index (χ3v) is 3.93. The molecule has 0 bridgehead atoms. The first-order valence-electron chi connectivity index (χ1n) is 4.98. The minimum atomic E-state index is 0.789. The molecule has 0 radical (unpaired) electrons. The third-order valence-electron chi connectivity index (χ3n) is 2.95. The van der Waals surface area contributed by atoms with Gasteiger partial charge in [-0.25, -0.2) is 0 Å². The van der Waals surface area contributed by atoms with Crippen molar-refractivity contribution < 1.29 is 0 Å². The molecule has 72 valence electrons. The molecule has 1 nitrogen and oxygen atoms in total. The van der Waals surface area contributed by atoms with Crippen molar-refractivity contribution in [3.63, 3.8) is 0 Å². The number of hydrogen-bond acceptors (Lipinski definition) is 2. The van der Waals surface area contributed by atoms with E-state index in [2.05, 4.69) is 37.8 Å². The van der Waals surface area contributed by atoms with Crippen molar-refractivity contribution in [2.45, 2.75) is 45.8 Å². The predicted molar refractivity (Wildman–Crippen MR) is 58.1 cm³/mol. The largest absolute Gasteiger partial charge is 0.293 e. The van der Waals surface area contributed by atoms with Crippen LogP contribution in [-0.4, -0.2) is 17.0 Å². The van der Waals surface area contributed by atoms with Crippen LogP contribution in [0.2, 0.25) is 0 Å². The minimum Gasteiger partial charge on any atom is -0.293 e. The van der Waals surface area contributed by atoms with Gasteiger partial charge in [0.1, 0.15) is 0 Å². The van der Waals surface area contributed by atoms with Gasteiger partial charge in [0.15, 0.2) is 0 Å². The fourth-order valence-corrected chi connectivity index (χ4v) is 3.02. The zero-order chi connectivity index (χ0) is 9.42. The maximum absolute atomic E-state index is 2.57. The van der Waals surface area contributed by atoms with E-state index in [9.17, 15) is 0 Å². The zero-order valence-electron chi connectivity index (χ0n) is 8.58. The summed E-state index contributed by atoms with van der Waals surface area (Å²) in [5.41, 5.74) is 0. The third kappa shape index (κ3) is 1.79. The molecule has 0 amide bonds. The second-order valence-electron chi connectivity index (χ2n) is 4.12. The molecule has 1 aromatic rings. The molecule has 2 rings (SSSR count). The molecule has 0 N–H and O–H groups in total. The average Bonchev–Trinajstić information content (AvgIpc) is 2.48. The second-order valence-corrected chi connectivity index (χ2v) is 5.49. The molecular weight excluding hydrogens is 178 g/mol. The van der Waals surface area contributed by atoms with E-state index < -0.39 is 0 Å². The van der Waals surface area contributed by atoms with Crippen molar-refractivity contribution in [1.29, 1.82) is 0 Å². The molecular formula is C11H17NS. The molecule has 1 aliphatic heterocycles. The minimum absolute atomic E-state index is 0.789. The maximum Gasteiger partial charge on any atom is 0.0333 e. The first kappa shape index (κ1) is 9.22. The van der Waals surface area contributed by atoms with Gasteiger partial charge < -0.3 is 0 Å². The lowest BCUT2D eigenvalue weighted by molar-refractivity contribution is 0.0306. The Morgan fingerprint density at radius 2 is 2.08 bits per heavy atom. The van der Waals surface area contributed by atoms with Crippen molar-refractivity contribution in [3.05, 3.63) is 21.9 Å². The smallest absolute Gasteiger partial charge is 0.0333 e. The molecule has 13 heavy (non-hydrogen) atoms. The number of rotatable bonds is 2. The predicted octanol–water partition coefficient (Wildman–Crippen LogP) is 3.04. The van der Waals surface area contributed by atoms with Crippen molar-refractivity contribution >= 4 is 11.3 Å². The zero-order valence-corrected chi connectivity index (χ0v) is 9.40. The van der Waals surface area contributed by atoms with Gasteiger partial charge in [0.2, 0.25) is 0 Å². The number of likely N-dealkylation sites (tertiary alicyclic amines) is 1. The first-order chi connectivity index (χ1) is 6.16. The van der Waals surface area contributed by atoms with Crippen LogP contribution in [0.3, 0.4) is 0 Å². The summed E-state index contributed by atoms with van der Waals surface area (Å²) in [5, 5.41) is 0. The normalized spacial score (nSPS) is 28.8. The lowest BCUT2D eigenvalue weighted by Crippen LogP contribution is -2.51. The van der Waals surface area contributed by atoms with Gasteiger partial charge in [-0.2, -0.15) is 0 Å². The van der Waals surface area contributed by atoms with Crippen molar-refractivity contribution in [2.75, 3.05) is 0 Å². The molecule has 0 aliphatic carbocycles. The van der Waals surface area contributed by atoms with Gasteiger partial charge in [0.05, 0.1) is 0 Å². The van der Waals surface area contributed by atoms with Crippen LogP contribution in [0.5, 0.6) is 0 Å². The Kier molecular flexibility index (Phi) is 2.43. The van der Waals surface area contributed by atoms with Gasteiger partial charge in [-0.3, -0.25) is 4.90 Å². The highest BCUT2D eigenvalue weighted by Crippen LogP contribution is 2.28. The monoisotopic (exact) mass is 195 g/mol. The Balaban J connectivity index is 1.98. The summed E-state index contributed by atoms with van der Waals surface area (Å²) in [7, 11) is 0. The van der Waals surface area contributed by atoms with Crippen molar-refractivity contribution in [1.82, 2.24) is 4.90 Å². The summed E-state index contributed by atoms with van der Waals surface area (Å²) in [6, 6.07) is 6.06. The summed E-state index contributed by atoms with van der Waals surface area (Å²) >= 11 is 1.93. The lowest BCUT2D eigenvalue weighted by Gasteiger charge is -2.45. The van der Waals surface area contributed by atoms with Crippen LogP contribution in [0.25, 0.3) is 0 Å². The summed E-state index contributed by atoms with van der Waals surface area (Å²) < 4.78 is 0. The molecule has 1 aromatic heterocycles. The van der Waals surface area contributed by atoms with E-state index >= 15 is 0 Å². The molecule has 2 unspecified atom stereocenters. The summed E-state index contributed by atoms with van der Waals surface area (Å²) in [4.78, 5) is 5.51. The Morgan fingerprint density at radius 3 is 2.54 bits per heavy atom. The van der Waals surface area contributed by atoms with Gasteiger partial charge in [-0.15, -0.1) is 11.3 Å². The maximum atomic E-state index is 2.57. The van der Waals surface area contributed by atoms with Gasteiger partial charge in [-0.1, -0.05) is 0 Å². The van der Waals surface area contributed by atoms with Crippen LogP contribution in [-0.2, 0) is 6.54 Å². The Morgan fingerprint density at radius 1 is 1.38 bits per heavy atom. The van der Waals surface area contributed by atoms with Crippen LogP contribution >= 0.6 is 11.3 Å². The van der Waals surface area contributed by atoms with Crippen LogP contribution in [0.4, 0.5) is 0 Å². The van der Waals surface area contributed by atoms with E-state index in [0.717, 1.165) is 18.6 Å². The van der Waals surface area contributed by atoms with Gasteiger partial charge >= 0.3 is 0 Å². The number of nitrogens with zero attached hydrogens (tertiary/aromatic N) is 1. The Bertz CT molecular complexity index is 284. The molecule has 0 aromatic carbocycles. The van der Waals surface area contributed by atoms with Crippen LogP contribution in [0.1, 0.15) is 30.0 Å². The van der Waals surface area contributed by atoms with Crippen LogP contribution in [0, 0.1) is 6.92 Å². The summed E-state index contributed by atoms with van der Waals surface area (Å²) in [5.74, 6) is 0. The van der Waals surface area contributed by atoms with Gasteiger partial charge in [0.25, 0.3) is 0 Å². The SMILES string of the molecule is Cc1ccc(CN2C(C)CC2C)s1. The molecule has 1 aliphatic rings. The quantitative estimate of drug-likeness (QED) is 0.701. The summed E-state index contributed by atoms with van der Waals surface area (Å²) in [6.07, 6.45) is 1.37. The van der Waals surface area contributed by atoms with Gasteiger partial charge in [0, 0.05) is 28.4 Å². The van der Waals surface area contributed by atoms with E-state index in [1.54, 1.807) is 0 Å². The van der Waals surface area contributed by atoms with Crippen molar-refractivity contribution in [3.8, 4) is 0 Å². The fraction of sp³-hybridized carbons (Fsp3) is 0.636. The molecule has 2 heteroatoms. The van der Waals surface area contributed by atoms with E-state index in [1.165, 1.54) is 16.2 Å². The Hall–Kier alpha value is -0.340. The second kappa shape index (κ2) is 3.43. The van der Waals surface area contributed by atoms with E-state index in [4.69, 9.17) is 0 Å². The van der Waals surface area contributed by atoms with E-state index in [-0.39, 0.29) is 0 Å². The number of hydrogen-bond donors (Lipinski definition) is 0. The van der Waals surface area contributed by atoms with Crippen LogP contribution < -0.4 is 0 Å². The number of aryl methyl sites for hydroxylation is 1. The Labute approximate surface area is 84.4 Å². The van der Waals surface area contributed by atoms with Gasteiger partial charge in [-0.05, 0) is 39.3 Å². The van der Waals surface area contributed by atoms with E-state index in [0.29, 0.717) is 0 Å². The standard InChI is InChI=1S/C11H17NS/c1-8-6-9(2)12(8)7-11-5-4-10(3)13-11/h4-5,8-9H,6-7H2,1-3H3. The molecule has 0 spiro atoms.